The SMILES string of the molecule is CC1(C)O[C@H]2O[C@H]([C@H](O)COC(c3ccccc3)(c3ccccc3)c3ccccc3)[C@H](OCc3ccccc3)[C@H]2O1. The van der Waals surface area contributed by atoms with Gasteiger partial charge in [-0.2, -0.15) is 0 Å². The molecule has 0 aliphatic carbocycles. The van der Waals surface area contributed by atoms with Crippen LogP contribution < -0.4 is 0 Å². The molecule has 2 aliphatic rings. The van der Waals surface area contributed by atoms with E-state index in [0.29, 0.717) is 6.61 Å². The van der Waals surface area contributed by atoms with Crippen molar-refractivity contribution < 1.29 is 28.8 Å². The third-order valence-electron chi connectivity index (χ3n) is 7.70. The Kier molecular flexibility index (Phi) is 8.04. The van der Waals surface area contributed by atoms with E-state index < -0.39 is 42.1 Å². The third-order valence-corrected chi connectivity index (χ3v) is 7.70. The van der Waals surface area contributed by atoms with Gasteiger partial charge in [-0.25, -0.2) is 0 Å². The molecule has 1 N–H and O–H groups in total. The second kappa shape index (κ2) is 11.9. The lowest BCUT2D eigenvalue weighted by atomic mass is 9.80. The van der Waals surface area contributed by atoms with Gasteiger partial charge in [-0.3, -0.25) is 0 Å². The Morgan fingerprint density at radius 3 is 1.73 bits per heavy atom. The van der Waals surface area contributed by atoms with Gasteiger partial charge >= 0.3 is 0 Å². The van der Waals surface area contributed by atoms with Crippen molar-refractivity contribution in [2.24, 2.45) is 0 Å². The van der Waals surface area contributed by atoms with Gasteiger partial charge in [-0.15, -0.1) is 0 Å². The van der Waals surface area contributed by atoms with Crippen LogP contribution in [0.25, 0.3) is 0 Å². The Morgan fingerprint density at radius 2 is 1.22 bits per heavy atom. The smallest absolute Gasteiger partial charge is 0.190 e. The van der Waals surface area contributed by atoms with E-state index in [-0.39, 0.29) is 6.61 Å². The first-order chi connectivity index (χ1) is 20.0. The van der Waals surface area contributed by atoms with Crippen LogP contribution in [0.1, 0.15) is 36.1 Å². The van der Waals surface area contributed by atoms with Crippen molar-refractivity contribution in [3.63, 3.8) is 0 Å². The lowest BCUT2D eigenvalue weighted by molar-refractivity contribution is -0.234. The van der Waals surface area contributed by atoms with Crippen molar-refractivity contribution in [2.75, 3.05) is 6.61 Å². The molecule has 0 radical (unpaired) electrons. The molecule has 0 unspecified atom stereocenters. The summed E-state index contributed by atoms with van der Waals surface area (Å²) in [6.45, 7) is 4.04. The predicted molar refractivity (Wildman–Crippen MR) is 155 cm³/mol. The first-order valence-electron chi connectivity index (χ1n) is 14.1. The van der Waals surface area contributed by atoms with Gasteiger partial charge in [0, 0.05) is 0 Å². The molecule has 0 saturated carbocycles. The van der Waals surface area contributed by atoms with Crippen molar-refractivity contribution in [1.29, 1.82) is 0 Å². The van der Waals surface area contributed by atoms with E-state index in [1.54, 1.807) is 0 Å². The van der Waals surface area contributed by atoms with E-state index in [0.717, 1.165) is 22.3 Å². The zero-order valence-corrected chi connectivity index (χ0v) is 23.3. The van der Waals surface area contributed by atoms with Crippen LogP contribution in [0.5, 0.6) is 0 Å². The lowest BCUT2D eigenvalue weighted by Gasteiger charge is -2.37. The summed E-state index contributed by atoms with van der Waals surface area (Å²) in [5.74, 6) is -0.806. The minimum atomic E-state index is -1.02. The minimum absolute atomic E-state index is 0.0165. The van der Waals surface area contributed by atoms with Crippen LogP contribution >= 0.6 is 0 Å². The standard InChI is InChI=1S/C35H36O6/c1-34(2)40-32-31(37-23-25-15-7-3-8-16-25)30(39-33(32)41-34)29(36)24-38-35(26-17-9-4-10-18-26,27-19-11-5-12-20-27)28-21-13-6-14-22-28/h3-22,29-33,36H,23-24H2,1-2H3/t29-,30-,31+,32-,33-/m1/s1. The summed E-state index contributed by atoms with van der Waals surface area (Å²) in [7, 11) is 0. The number of benzene rings is 4. The van der Waals surface area contributed by atoms with E-state index >= 15 is 0 Å². The summed E-state index contributed by atoms with van der Waals surface area (Å²) in [6, 6.07) is 40.2. The fourth-order valence-electron chi connectivity index (χ4n) is 5.84. The van der Waals surface area contributed by atoms with E-state index in [1.165, 1.54) is 0 Å². The van der Waals surface area contributed by atoms with Gasteiger partial charge in [-0.05, 0) is 36.1 Å². The molecular formula is C35H36O6. The lowest BCUT2D eigenvalue weighted by Crippen LogP contribution is -2.46. The van der Waals surface area contributed by atoms with Gasteiger partial charge in [0.2, 0.25) is 0 Å². The van der Waals surface area contributed by atoms with Crippen LogP contribution in [0.15, 0.2) is 121 Å². The Morgan fingerprint density at radius 1 is 0.732 bits per heavy atom. The summed E-state index contributed by atoms with van der Waals surface area (Å²) in [6.07, 6.45) is -3.42. The van der Waals surface area contributed by atoms with Crippen LogP contribution in [-0.2, 0) is 35.9 Å². The Hall–Kier alpha value is -3.36. The molecule has 4 aromatic carbocycles. The maximum absolute atomic E-state index is 11.7. The summed E-state index contributed by atoms with van der Waals surface area (Å²) in [5, 5.41) is 11.7. The summed E-state index contributed by atoms with van der Waals surface area (Å²) >= 11 is 0. The monoisotopic (exact) mass is 552 g/mol. The Balaban J connectivity index is 1.30. The fourth-order valence-corrected chi connectivity index (χ4v) is 5.84. The Bertz CT molecular complexity index is 1280. The Labute approximate surface area is 241 Å². The fraction of sp³-hybridized carbons (Fsp3) is 0.314. The topological polar surface area (TPSA) is 66.4 Å². The number of fused-ring (bicyclic) bond motifs is 1. The molecule has 41 heavy (non-hydrogen) atoms. The van der Waals surface area contributed by atoms with Crippen molar-refractivity contribution in [1.82, 2.24) is 0 Å². The molecule has 2 aliphatic heterocycles. The van der Waals surface area contributed by atoms with Gasteiger partial charge in [-0.1, -0.05) is 121 Å². The molecule has 6 nitrogen and oxygen atoms in total. The first-order valence-corrected chi connectivity index (χ1v) is 14.1. The van der Waals surface area contributed by atoms with Crippen LogP contribution in [0.4, 0.5) is 0 Å². The highest BCUT2D eigenvalue weighted by molar-refractivity contribution is 5.47. The van der Waals surface area contributed by atoms with Crippen LogP contribution in [0, 0.1) is 0 Å². The van der Waals surface area contributed by atoms with Gasteiger partial charge in [0.15, 0.2) is 12.1 Å². The second-order valence-corrected chi connectivity index (χ2v) is 11.0. The number of aliphatic hydroxyl groups excluding tert-OH is 1. The molecule has 0 spiro atoms. The summed E-state index contributed by atoms with van der Waals surface area (Å²) in [5.41, 5.74) is 2.93. The average molecular weight is 553 g/mol. The van der Waals surface area contributed by atoms with Gasteiger partial charge in [0.25, 0.3) is 0 Å². The maximum atomic E-state index is 11.7. The van der Waals surface area contributed by atoms with Crippen molar-refractivity contribution >= 4 is 0 Å². The van der Waals surface area contributed by atoms with Gasteiger partial charge < -0.3 is 28.8 Å². The molecule has 2 fully saturated rings. The molecule has 4 aromatic rings. The van der Waals surface area contributed by atoms with Crippen molar-refractivity contribution in [3.8, 4) is 0 Å². The highest BCUT2D eigenvalue weighted by Gasteiger charge is 2.57. The molecule has 6 rings (SSSR count). The number of rotatable bonds is 10. The first kappa shape index (κ1) is 27.8. The number of hydrogen-bond donors (Lipinski definition) is 1. The molecule has 212 valence electrons. The van der Waals surface area contributed by atoms with Crippen LogP contribution in [-0.4, -0.2) is 48.2 Å². The molecule has 0 amide bonds. The highest BCUT2D eigenvalue weighted by Crippen LogP contribution is 2.43. The van der Waals surface area contributed by atoms with E-state index in [2.05, 4.69) is 36.4 Å². The molecule has 5 atom stereocenters. The van der Waals surface area contributed by atoms with E-state index in [4.69, 9.17) is 23.7 Å². The molecule has 6 heteroatoms. The molecule has 0 bridgehead atoms. The maximum Gasteiger partial charge on any atom is 0.190 e. The normalized spacial score (nSPS) is 24.2. The minimum Gasteiger partial charge on any atom is -0.388 e. The second-order valence-electron chi connectivity index (χ2n) is 11.0. The van der Waals surface area contributed by atoms with E-state index in [9.17, 15) is 5.11 Å². The average Bonchev–Trinajstić information content (AvgIpc) is 3.50. The summed E-state index contributed by atoms with van der Waals surface area (Å²) in [4.78, 5) is 0. The number of aliphatic hydroxyl groups is 1. The molecular weight excluding hydrogens is 516 g/mol. The largest absolute Gasteiger partial charge is 0.388 e. The summed E-state index contributed by atoms with van der Waals surface area (Å²) < 4.78 is 31.7. The van der Waals surface area contributed by atoms with Gasteiger partial charge in [0.1, 0.15) is 30.0 Å². The quantitative estimate of drug-likeness (QED) is 0.250. The number of hydrogen-bond acceptors (Lipinski definition) is 6. The van der Waals surface area contributed by atoms with Crippen molar-refractivity contribution in [2.45, 2.75) is 62.5 Å². The van der Waals surface area contributed by atoms with Crippen molar-refractivity contribution in [3.05, 3.63) is 144 Å². The molecule has 2 saturated heterocycles. The number of ether oxygens (including phenoxy) is 5. The van der Waals surface area contributed by atoms with E-state index in [1.807, 2.05) is 98.8 Å². The van der Waals surface area contributed by atoms with Gasteiger partial charge in [0.05, 0.1) is 13.2 Å². The third kappa shape index (κ3) is 5.72. The molecule has 2 heterocycles. The zero-order chi connectivity index (χ0) is 28.3. The molecule has 0 aromatic heterocycles. The highest BCUT2D eigenvalue weighted by atomic mass is 16.8. The van der Waals surface area contributed by atoms with Crippen LogP contribution in [0.2, 0.25) is 0 Å². The van der Waals surface area contributed by atoms with Crippen LogP contribution in [0.3, 0.4) is 0 Å². The predicted octanol–water partition coefficient (Wildman–Crippen LogP) is 5.82. The zero-order valence-electron chi connectivity index (χ0n) is 23.3.